The zero-order valence-electron chi connectivity index (χ0n) is 11.5. The molecule has 0 saturated carbocycles. The highest BCUT2D eigenvalue weighted by Gasteiger charge is 2.16. The van der Waals surface area contributed by atoms with Crippen molar-refractivity contribution in [3.63, 3.8) is 0 Å². The van der Waals surface area contributed by atoms with Crippen LogP contribution in [0.3, 0.4) is 0 Å². The number of aromatic amines is 1. The molecule has 2 aromatic heterocycles. The molecule has 0 atom stereocenters. The number of H-pyrrole nitrogens is 1. The zero-order chi connectivity index (χ0) is 14.7. The summed E-state index contributed by atoms with van der Waals surface area (Å²) in [5.41, 5.74) is -0.0832. The molecule has 0 aliphatic heterocycles. The fraction of sp³-hybridized carbons (Fsp3) is 0.583. The van der Waals surface area contributed by atoms with Gasteiger partial charge in [-0.05, 0) is 6.42 Å². The van der Waals surface area contributed by atoms with E-state index < -0.39 is 11.2 Å². The highest BCUT2D eigenvalue weighted by atomic mass is 32.2. The molecule has 20 heavy (non-hydrogen) atoms. The summed E-state index contributed by atoms with van der Waals surface area (Å²) in [7, 11) is 1.58. The van der Waals surface area contributed by atoms with Crippen molar-refractivity contribution in [2.45, 2.75) is 31.5 Å². The number of thioether (sulfide) groups is 1. The van der Waals surface area contributed by atoms with Crippen molar-refractivity contribution in [2.24, 2.45) is 7.05 Å². The lowest BCUT2D eigenvalue weighted by Crippen LogP contribution is -2.29. The van der Waals surface area contributed by atoms with E-state index in [1.807, 2.05) is 4.57 Å². The van der Waals surface area contributed by atoms with Gasteiger partial charge in [-0.15, -0.1) is 0 Å². The van der Waals surface area contributed by atoms with E-state index in [1.165, 1.54) is 16.3 Å². The number of rotatable bonds is 6. The molecule has 8 heteroatoms. The number of aryl methyl sites for hydroxylation is 2. The average Bonchev–Trinajstić information content (AvgIpc) is 2.79. The molecule has 0 spiro atoms. The van der Waals surface area contributed by atoms with E-state index >= 15 is 0 Å². The summed E-state index contributed by atoms with van der Waals surface area (Å²) >= 11 is 1.38. The van der Waals surface area contributed by atoms with E-state index in [-0.39, 0.29) is 6.61 Å². The minimum atomic E-state index is -0.471. The molecule has 7 nitrogen and oxygen atoms in total. The lowest BCUT2D eigenvalue weighted by Gasteiger charge is -2.06. The first-order chi connectivity index (χ1) is 9.60. The normalized spacial score (nSPS) is 11.3. The second kappa shape index (κ2) is 6.27. The Labute approximate surface area is 119 Å². The van der Waals surface area contributed by atoms with Crippen molar-refractivity contribution < 1.29 is 5.11 Å². The molecule has 0 unspecified atom stereocenters. The summed E-state index contributed by atoms with van der Waals surface area (Å²) < 4.78 is 3.17. The second-order valence-electron chi connectivity index (χ2n) is 4.46. The van der Waals surface area contributed by atoms with Crippen LogP contribution in [-0.2, 0) is 13.6 Å². The molecule has 2 rings (SSSR count). The lowest BCUT2D eigenvalue weighted by molar-refractivity contribution is 0.322. The van der Waals surface area contributed by atoms with E-state index in [4.69, 9.17) is 5.11 Å². The predicted octanol–water partition coefficient (Wildman–Crippen LogP) is 0.308. The maximum absolute atomic E-state index is 12.0. The number of aromatic nitrogens is 4. The molecule has 0 radical (unpaired) electrons. The lowest BCUT2D eigenvalue weighted by atomic mass is 10.3. The Kier molecular flexibility index (Phi) is 4.66. The predicted molar refractivity (Wildman–Crippen MR) is 78.3 cm³/mol. The number of nitrogens with zero attached hydrogens (tertiary/aromatic N) is 3. The van der Waals surface area contributed by atoms with Crippen molar-refractivity contribution in [3.8, 4) is 0 Å². The van der Waals surface area contributed by atoms with E-state index in [1.54, 1.807) is 7.05 Å². The molecule has 2 N–H and O–H groups in total. The Balaban J connectivity index is 2.65. The molecular weight excluding hydrogens is 280 g/mol. The number of unbranched alkanes of at least 4 members (excludes halogenated alkanes) is 1. The number of aliphatic hydroxyl groups excluding tert-OH is 1. The van der Waals surface area contributed by atoms with Gasteiger partial charge in [-0.25, -0.2) is 9.78 Å². The second-order valence-corrected chi connectivity index (χ2v) is 5.52. The summed E-state index contributed by atoms with van der Waals surface area (Å²) in [5.74, 6) is 0.501. The topological polar surface area (TPSA) is 92.9 Å². The molecule has 0 aliphatic carbocycles. The third kappa shape index (κ3) is 2.66. The van der Waals surface area contributed by atoms with Crippen molar-refractivity contribution in [1.29, 1.82) is 0 Å². The van der Waals surface area contributed by atoms with Crippen LogP contribution in [0.5, 0.6) is 0 Å². The Bertz CT molecular complexity index is 716. The van der Waals surface area contributed by atoms with Gasteiger partial charge in [0, 0.05) is 19.3 Å². The number of hydrogen-bond acceptors (Lipinski definition) is 5. The van der Waals surface area contributed by atoms with Crippen LogP contribution in [0, 0.1) is 0 Å². The summed E-state index contributed by atoms with van der Waals surface area (Å²) in [6.45, 7) is 2.78. The number of fused-ring (bicyclic) bond motifs is 1. The first-order valence-electron chi connectivity index (χ1n) is 6.53. The molecule has 2 aromatic rings. The zero-order valence-corrected chi connectivity index (χ0v) is 12.4. The van der Waals surface area contributed by atoms with Gasteiger partial charge in [-0.1, -0.05) is 25.1 Å². The summed E-state index contributed by atoms with van der Waals surface area (Å²) in [6.07, 6.45) is 1.91. The smallest absolute Gasteiger partial charge is 0.329 e. The summed E-state index contributed by atoms with van der Waals surface area (Å²) in [5, 5.41) is 9.60. The van der Waals surface area contributed by atoms with E-state index in [9.17, 15) is 9.59 Å². The van der Waals surface area contributed by atoms with Crippen molar-refractivity contribution >= 4 is 22.9 Å². The van der Waals surface area contributed by atoms with Crippen LogP contribution in [0.25, 0.3) is 11.2 Å². The van der Waals surface area contributed by atoms with Crippen LogP contribution in [0.2, 0.25) is 0 Å². The van der Waals surface area contributed by atoms with Gasteiger partial charge in [-0.3, -0.25) is 14.3 Å². The third-order valence-electron chi connectivity index (χ3n) is 3.03. The summed E-state index contributed by atoms with van der Waals surface area (Å²) in [4.78, 5) is 30.3. The standard InChI is InChI=1S/C12H18N4O3S/c1-3-4-5-16-8-9(13-12(16)20-7-6-17)15(2)11(19)14-10(8)18/h17H,3-7H2,1-2H3,(H,14,18,19). The number of aliphatic hydroxyl groups is 1. The summed E-state index contributed by atoms with van der Waals surface area (Å²) in [6, 6.07) is 0. The molecular formula is C12H18N4O3S. The first-order valence-corrected chi connectivity index (χ1v) is 7.52. The van der Waals surface area contributed by atoms with Gasteiger partial charge in [-0.2, -0.15) is 0 Å². The maximum atomic E-state index is 12.0. The molecule has 0 aromatic carbocycles. The first kappa shape index (κ1) is 14.9. The van der Waals surface area contributed by atoms with Gasteiger partial charge in [0.05, 0.1) is 6.61 Å². The van der Waals surface area contributed by atoms with Crippen LogP contribution in [0.4, 0.5) is 0 Å². The number of imidazole rings is 1. The maximum Gasteiger partial charge on any atom is 0.329 e. The van der Waals surface area contributed by atoms with Gasteiger partial charge in [0.15, 0.2) is 16.3 Å². The van der Waals surface area contributed by atoms with Gasteiger partial charge in [0.1, 0.15) is 0 Å². The van der Waals surface area contributed by atoms with E-state index in [0.717, 1.165) is 12.8 Å². The number of nitrogens with one attached hydrogen (secondary N) is 1. The molecule has 110 valence electrons. The van der Waals surface area contributed by atoms with Gasteiger partial charge in [0.2, 0.25) is 0 Å². The minimum absolute atomic E-state index is 0.0386. The van der Waals surface area contributed by atoms with Gasteiger partial charge >= 0.3 is 5.69 Å². The molecule has 0 amide bonds. The van der Waals surface area contributed by atoms with Crippen LogP contribution in [-0.4, -0.2) is 36.6 Å². The van der Waals surface area contributed by atoms with E-state index in [0.29, 0.717) is 28.6 Å². The van der Waals surface area contributed by atoms with Crippen molar-refractivity contribution in [1.82, 2.24) is 19.1 Å². The van der Waals surface area contributed by atoms with Crippen LogP contribution in [0.1, 0.15) is 19.8 Å². The SMILES string of the molecule is CCCCn1c(SCCO)nc2c1c(=O)[nH]c(=O)n2C. The Hall–Kier alpha value is -1.54. The number of hydrogen-bond donors (Lipinski definition) is 2. The minimum Gasteiger partial charge on any atom is -0.396 e. The average molecular weight is 298 g/mol. The quantitative estimate of drug-likeness (QED) is 0.749. The molecule has 0 saturated heterocycles. The molecule has 2 heterocycles. The Morgan fingerprint density at radius 1 is 1.40 bits per heavy atom. The Morgan fingerprint density at radius 2 is 2.15 bits per heavy atom. The van der Waals surface area contributed by atoms with Crippen LogP contribution in [0.15, 0.2) is 14.7 Å². The highest BCUT2D eigenvalue weighted by Crippen LogP contribution is 2.21. The van der Waals surface area contributed by atoms with E-state index in [2.05, 4.69) is 16.9 Å². The fourth-order valence-electron chi connectivity index (χ4n) is 1.99. The highest BCUT2D eigenvalue weighted by molar-refractivity contribution is 7.99. The third-order valence-corrected chi connectivity index (χ3v) is 3.99. The molecule has 0 bridgehead atoms. The van der Waals surface area contributed by atoms with Crippen molar-refractivity contribution in [3.05, 3.63) is 20.8 Å². The molecule has 0 aliphatic rings. The Morgan fingerprint density at radius 3 is 2.80 bits per heavy atom. The molecule has 0 fully saturated rings. The van der Waals surface area contributed by atoms with Gasteiger partial charge < -0.3 is 9.67 Å². The monoisotopic (exact) mass is 298 g/mol. The largest absolute Gasteiger partial charge is 0.396 e. The van der Waals surface area contributed by atoms with Crippen LogP contribution < -0.4 is 11.2 Å². The fourth-order valence-corrected chi connectivity index (χ4v) is 2.75. The van der Waals surface area contributed by atoms with Crippen LogP contribution >= 0.6 is 11.8 Å². The van der Waals surface area contributed by atoms with Gasteiger partial charge in [0.25, 0.3) is 5.56 Å². The van der Waals surface area contributed by atoms with Crippen molar-refractivity contribution in [2.75, 3.05) is 12.4 Å².